The Labute approximate surface area is 113 Å². The molecule has 18 heavy (non-hydrogen) atoms. The lowest BCUT2D eigenvalue weighted by Crippen LogP contribution is -2.14. The highest BCUT2D eigenvalue weighted by atomic mass is 32.2. The Morgan fingerprint density at radius 2 is 1.89 bits per heavy atom. The standard InChI is InChI=1S/C13H20N2O2S/c1-9-6-11(16-4)12(17-5)7-10(9)8-18-13(14-2)15-3/h6-7H,8H2,1-5H3,(H,14,15). The molecule has 1 aromatic rings. The second kappa shape index (κ2) is 7.16. The normalized spacial score (nSPS) is 11.3. The Kier molecular flexibility index (Phi) is 5.85. The Hall–Kier alpha value is -1.36. The first-order chi connectivity index (χ1) is 8.65. The Bertz CT molecular complexity index is 433. The third-order valence-corrected chi connectivity index (χ3v) is 3.74. The van der Waals surface area contributed by atoms with Crippen LogP contribution in [-0.4, -0.2) is 33.5 Å². The van der Waals surface area contributed by atoms with Gasteiger partial charge in [0.1, 0.15) is 0 Å². The van der Waals surface area contributed by atoms with E-state index >= 15 is 0 Å². The van der Waals surface area contributed by atoms with Crippen molar-refractivity contribution in [3.8, 4) is 11.5 Å². The summed E-state index contributed by atoms with van der Waals surface area (Å²) in [7, 11) is 6.95. The number of aryl methyl sites for hydroxylation is 1. The van der Waals surface area contributed by atoms with E-state index in [1.807, 2.05) is 19.2 Å². The predicted octanol–water partition coefficient (Wildman–Crippen LogP) is 2.45. The Balaban J connectivity index is 2.89. The van der Waals surface area contributed by atoms with Crippen LogP contribution in [0.5, 0.6) is 11.5 Å². The van der Waals surface area contributed by atoms with Crippen LogP contribution in [0.2, 0.25) is 0 Å². The number of nitrogens with zero attached hydrogens (tertiary/aromatic N) is 1. The monoisotopic (exact) mass is 268 g/mol. The van der Waals surface area contributed by atoms with E-state index in [1.54, 1.807) is 33.0 Å². The quantitative estimate of drug-likeness (QED) is 0.673. The van der Waals surface area contributed by atoms with Gasteiger partial charge in [-0.3, -0.25) is 4.99 Å². The Morgan fingerprint density at radius 1 is 1.28 bits per heavy atom. The summed E-state index contributed by atoms with van der Waals surface area (Å²) in [6.07, 6.45) is 0. The highest BCUT2D eigenvalue weighted by molar-refractivity contribution is 8.13. The molecule has 0 heterocycles. The van der Waals surface area contributed by atoms with Gasteiger partial charge >= 0.3 is 0 Å². The van der Waals surface area contributed by atoms with Crippen LogP contribution in [0.1, 0.15) is 11.1 Å². The lowest BCUT2D eigenvalue weighted by atomic mass is 10.1. The average molecular weight is 268 g/mol. The van der Waals surface area contributed by atoms with Crippen molar-refractivity contribution in [3.63, 3.8) is 0 Å². The fraction of sp³-hybridized carbons (Fsp3) is 0.462. The van der Waals surface area contributed by atoms with Gasteiger partial charge in [0.15, 0.2) is 16.7 Å². The molecule has 1 rings (SSSR count). The van der Waals surface area contributed by atoms with Crippen LogP contribution < -0.4 is 14.8 Å². The van der Waals surface area contributed by atoms with E-state index in [2.05, 4.69) is 17.2 Å². The zero-order chi connectivity index (χ0) is 13.5. The molecular weight excluding hydrogens is 248 g/mol. The first kappa shape index (κ1) is 14.7. The number of hydrogen-bond donors (Lipinski definition) is 1. The van der Waals surface area contributed by atoms with Gasteiger partial charge in [-0.25, -0.2) is 0 Å². The first-order valence-electron chi connectivity index (χ1n) is 5.65. The van der Waals surface area contributed by atoms with Crippen LogP contribution in [-0.2, 0) is 5.75 Å². The van der Waals surface area contributed by atoms with Gasteiger partial charge in [-0.15, -0.1) is 0 Å². The van der Waals surface area contributed by atoms with Crippen LogP contribution >= 0.6 is 11.8 Å². The lowest BCUT2D eigenvalue weighted by Gasteiger charge is -2.13. The van der Waals surface area contributed by atoms with Gasteiger partial charge in [-0.1, -0.05) is 11.8 Å². The SMILES string of the molecule is CN=C(NC)SCc1cc(OC)c(OC)cc1C. The molecule has 0 radical (unpaired) electrons. The molecule has 0 amide bonds. The van der Waals surface area contributed by atoms with E-state index in [4.69, 9.17) is 9.47 Å². The largest absolute Gasteiger partial charge is 0.493 e. The summed E-state index contributed by atoms with van der Waals surface area (Å²) in [6.45, 7) is 2.07. The molecule has 0 aromatic heterocycles. The maximum absolute atomic E-state index is 5.31. The molecule has 0 aliphatic carbocycles. The Morgan fingerprint density at radius 3 is 2.39 bits per heavy atom. The zero-order valence-corrected chi connectivity index (χ0v) is 12.4. The number of hydrogen-bond acceptors (Lipinski definition) is 4. The van der Waals surface area contributed by atoms with Gasteiger partial charge in [0, 0.05) is 19.8 Å². The van der Waals surface area contributed by atoms with Gasteiger partial charge in [0.2, 0.25) is 0 Å². The molecule has 4 nitrogen and oxygen atoms in total. The number of aliphatic imine (C=N–C) groups is 1. The summed E-state index contributed by atoms with van der Waals surface area (Å²) >= 11 is 1.66. The number of rotatable bonds is 4. The minimum atomic E-state index is 0.762. The third kappa shape index (κ3) is 3.57. The topological polar surface area (TPSA) is 42.9 Å². The number of thioether (sulfide) groups is 1. The predicted molar refractivity (Wildman–Crippen MR) is 78.0 cm³/mol. The summed E-state index contributed by atoms with van der Waals surface area (Å²) in [5.41, 5.74) is 2.40. The smallest absolute Gasteiger partial charge is 0.161 e. The van der Waals surface area contributed by atoms with Crippen LogP contribution in [0.25, 0.3) is 0 Å². The summed E-state index contributed by atoms with van der Waals surface area (Å²) < 4.78 is 10.6. The van der Waals surface area contributed by atoms with Crippen LogP contribution in [0.4, 0.5) is 0 Å². The lowest BCUT2D eigenvalue weighted by molar-refractivity contribution is 0.354. The van der Waals surface area contributed by atoms with Crippen molar-refractivity contribution in [3.05, 3.63) is 23.3 Å². The van der Waals surface area contributed by atoms with Crippen molar-refractivity contribution in [2.24, 2.45) is 4.99 Å². The molecule has 5 heteroatoms. The van der Waals surface area contributed by atoms with Crippen molar-refractivity contribution in [2.75, 3.05) is 28.3 Å². The molecule has 0 atom stereocenters. The van der Waals surface area contributed by atoms with Crippen LogP contribution in [0.15, 0.2) is 17.1 Å². The maximum Gasteiger partial charge on any atom is 0.161 e. The molecule has 1 aromatic carbocycles. The molecule has 0 unspecified atom stereocenters. The first-order valence-corrected chi connectivity index (χ1v) is 6.63. The van der Waals surface area contributed by atoms with Crippen molar-refractivity contribution in [1.82, 2.24) is 5.32 Å². The fourth-order valence-electron chi connectivity index (χ4n) is 1.57. The third-order valence-electron chi connectivity index (χ3n) is 2.62. The molecular formula is C13H20N2O2S. The summed E-state index contributed by atoms with van der Waals surface area (Å²) in [5, 5.41) is 3.97. The molecule has 0 aliphatic rings. The van der Waals surface area contributed by atoms with Gasteiger partial charge in [0.25, 0.3) is 0 Å². The van der Waals surface area contributed by atoms with E-state index in [0.717, 1.165) is 22.4 Å². The average Bonchev–Trinajstić information content (AvgIpc) is 2.40. The summed E-state index contributed by atoms with van der Waals surface area (Å²) in [6, 6.07) is 4.01. The molecule has 100 valence electrons. The van der Waals surface area contributed by atoms with E-state index in [9.17, 15) is 0 Å². The zero-order valence-electron chi connectivity index (χ0n) is 11.5. The number of benzene rings is 1. The van der Waals surface area contributed by atoms with Gasteiger partial charge in [-0.05, 0) is 30.2 Å². The minimum Gasteiger partial charge on any atom is -0.493 e. The van der Waals surface area contributed by atoms with Gasteiger partial charge in [-0.2, -0.15) is 0 Å². The number of methoxy groups -OCH3 is 2. The highest BCUT2D eigenvalue weighted by Gasteiger charge is 2.09. The molecule has 0 fully saturated rings. The molecule has 0 bridgehead atoms. The number of amidine groups is 1. The van der Waals surface area contributed by atoms with Crippen molar-refractivity contribution >= 4 is 16.9 Å². The summed E-state index contributed by atoms with van der Waals surface area (Å²) in [4.78, 5) is 4.14. The van der Waals surface area contributed by atoms with Crippen LogP contribution in [0.3, 0.4) is 0 Å². The molecule has 0 saturated heterocycles. The van der Waals surface area contributed by atoms with Crippen molar-refractivity contribution < 1.29 is 9.47 Å². The van der Waals surface area contributed by atoms with Crippen molar-refractivity contribution in [2.45, 2.75) is 12.7 Å². The van der Waals surface area contributed by atoms with Gasteiger partial charge < -0.3 is 14.8 Å². The molecule has 0 spiro atoms. The minimum absolute atomic E-state index is 0.762. The number of ether oxygens (including phenoxy) is 2. The highest BCUT2D eigenvalue weighted by Crippen LogP contribution is 2.31. The maximum atomic E-state index is 5.31. The van der Waals surface area contributed by atoms with E-state index in [1.165, 1.54) is 11.1 Å². The van der Waals surface area contributed by atoms with Gasteiger partial charge in [0.05, 0.1) is 14.2 Å². The fourth-order valence-corrected chi connectivity index (χ4v) is 2.45. The molecule has 1 N–H and O–H groups in total. The van der Waals surface area contributed by atoms with Crippen LogP contribution in [0, 0.1) is 6.92 Å². The van der Waals surface area contributed by atoms with E-state index in [0.29, 0.717) is 0 Å². The summed E-state index contributed by atoms with van der Waals surface area (Å²) in [5.74, 6) is 2.37. The van der Waals surface area contributed by atoms with E-state index in [-0.39, 0.29) is 0 Å². The second-order valence-electron chi connectivity index (χ2n) is 3.70. The second-order valence-corrected chi connectivity index (χ2v) is 4.67. The van der Waals surface area contributed by atoms with Crippen molar-refractivity contribution in [1.29, 1.82) is 0 Å². The number of nitrogens with one attached hydrogen (secondary N) is 1. The molecule has 0 aliphatic heterocycles. The molecule has 0 saturated carbocycles. The van der Waals surface area contributed by atoms with E-state index < -0.39 is 0 Å².